The Bertz CT molecular complexity index is 1050. The Morgan fingerprint density at radius 2 is 1.59 bits per heavy atom. The molecular formula is C19H11FOS. The molecule has 0 N–H and O–H groups in total. The molecule has 0 saturated heterocycles. The monoisotopic (exact) mass is 306 g/mol. The molecule has 106 valence electrons. The first-order valence-corrected chi connectivity index (χ1v) is 7.35. The number of benzene rings is 3. The van der Waals surface area contributed by atoms with Gasteiger partial charge in [0.2, 0.25) is 0 Å². The van der Waals surface area contributed by atoms with Gasteiger partial charge in [-0.2, -0.15) is 0 Å². The lowest BCUT2D eigenvalue weighted by Gasteiger charge is -2.07. The van der Waals surface area contributed by atoms with Gasteiger partial charge < -0.3 is 4.42 Å². The van der Waals surface area contributed by atoms with Gasteiger partial charge in [0.1, 0.15) is 17.2 Å². The quantitative estimate of drug-likeness (QED) is 0.310. The molecule has 0 aliphatic heterocycles. The van der Waals surface area contributed by atoms with Crippen LogP contribution in [-0.2, 0) is 0 Å². The first kappa shape index (κ1) is 13.2. The summed E-state index contributed by atoms with van der Waals surface area (Å²) in [6, 6.07) is 20.1. The molecule has 0 radical (unpaired) electrons. The lowest BCUT2D eigenvalue weighted by atomic mass is 10.1. The van der Waals surface area contributed by atoms with Gasteiger partial charge in [0.05, 0.1) is 4.51 Å². The van der Waals surface area contributed by atoms with E-state index < -0.39 is 0 Å². The van der Waals surface area contributed by atoms with Crippen molar-refractivity contribution < 1.29 is 8.81 Å². The number of hydrogen-bond donors (Lipinski definition) is 0. The first-order valence-electron chi connectivity index (χ1n) is 6.94. The molecule has 0 amide bonds. The molecule has 22 heavy (non-hydrogen) atoms. The summed E-state index contributed by atoms with van der Waals surface area (Å²) in [5.74, 6) is 0.377. The van der Waals surface area contributed by atoms with Crippen LogP contribution >= 0.6 is 12.2 Å². The zero-order valence-corrected chi connectivity index (χ0v) is 12.4. The van der Waals surface area contributed by atoms with Gasteiger partial charge in [0.25, 0.3) is 0 Å². The van der Waals surface area contributed by atoms with E-state index in [1.165, 1.54) is 12.1 Å². The molecule has 0 aliphatic carbocycles. The van der Waals surface area contributed by atoms with Crippen LogP contribution < -0.4 is 0 Å². The maximum Gasteiger partial charge on any atom is 0.143 e. The Labute approximate surface area is 131 Å². The summed E-state index contributed by atoms with van der Waals surface area (Å²) >= 11 is 5.50. The van der Waals surface area contributed by atoms with Crippen LogP contribution in [-0.4, -0.2) is 0 Å². The van der Waals surface area contributed by atoms with Crippen molar-refractivity contribution in [1.29, 1.82) is 0 Å². The SMILES string of the molecule is Fc1ccc(-c2cc(=S)c3ccc4ccccc4c3o2)cc1. The van der Waals surface area contributed by atoms with E-state index in [0.29, 0.717) is 5.76 Å². The molecule has 4 rings (SSSR count). The molecular weight excluding hydrogens is 295 g/mol. The van der Waals surface area contributed by atoms with E-state index in [1.54, 1.807) is 12.1 Å². The van der Waals surface area contributed by atoms with E-state index in [4.69, 9.17) is 16.6 Å². The smallest absolute Gasteiger partial charge is 0.143 e. The van der Waals surface area contributed by atoms with E-state index in [0.717, 1.165) is 31.8 Å². The van der Waals surface area contributed by atoms with E-state index in [2.05, 4.69) is 0 Å². The number of rotatable bonds is 1. The standard InChI is InChI=1S/C19H11FOS/c20-14-8-5-13(6-9-14)17-11-18(22)16-10-7-12-3-1-2-4-15(12)19(16)21-17/h1-11H. The summed E-state index contributed by atoms with van der Waals surface area (Å²) < 4.78 is 19.9. The van der Waals surface area contributed by atoms with Crippen molar-refractivity contribution in [2.45, 2.75) is 0 Å². The molecule has 0 spiro atoms. The van der Waals surface area contributed by atoms with Crippen LogP contribution in [0.2, 0.25) is 0 Å². The Balaban J connectivity index is 2.08. The van der Waals surface area contributed by atoms with E-state index in [1.807, 2.05) is 42.5 Å². The Hall–Kier alpha value is -2.52. The summed E-state index contributed by atoms with van der Waals surface area (Å²) in [4.78, 5) is 0. The van der Waals surface area contributed by atoms with Crippen LogP contribution in [0.4, 0.5) is 4.39 Å². The number of hydrogen-bond acceptors (Lipinski definition) is 2. The average Bonchev–Trinajstić information content (AvgIpc) is 2.55. The fourth-order valence-electron chi connectivity index (χ4n) is 2.64. The Kier molecular flexibility index (Phi) is 3.01. The second kappa shape index (κ2) is 5.04. The maximum absolute atomic E-state index is 13.1. The molecule has 3 heteroatoms. The van der Waals surface area contributed by atoms with E-state index >= 15 is 0 Å². The van der Waals surface area contributed by atoms with E-state index in [-0.39, 0.29) is 5.82 Å². The second-order valence-corrected chi connectivity index (χ2v) is 5.59. The van der Waals surface area contributed by atoms with E-state index in [9.17, 15) is 4.39 Å². The normalized spacial score (nSPS) is 11.1. The lowest BCUT2D eigenvalue weighted by molar-refractivity contribution is 0.618. The van der Waals surface area contributed by atoms with Crippen molar-refractivity contribution in [3.05, 3.63) is 77.1 Å². The molecule has 0 bridgehead atoms. The van der Waals surface area contributed by atoms with Gasteiger partial charge in [-0.25, -0.2) is 4.39 Å². The zero-order valence-electron chi connectivity index (χ0n) is 11.5. The maximum atomic E-state index is 13.1. The average molecular weight is 306 g/mol. The molecule has 0 fully saturated rings. The zero-order chi connectivity index (χ0) is 15.1. The van der Waals surface area contributed by atoms with Crippen LogP contribution in [0.3, 0.4) is 0 Å². The summed E-state index contributed by atoms with van der Waals surface area (Å²) in [5, 5.41) is 3.04. The van der Waals surface area contributed by atoms with Crippen molar-refractivity contribution in [1.82, 2.24) is 0 Å². The van der Waals surface area contributed by atoms with Crippen LogP contribution in [0.1, 0.15) is 0 Å². The lowest BCUT2D eigenvalue weighted by Crippen LogP contribution is -1.83. The summed E-state index contributed by atoms with van der Waals surface area (Å²) in [7, 11) is 0. The third kappa shape index (κ3) is 2.11. The minimum absolute atomic E-state index is 0.270. The van der Waals surface area contributed by atoms with Crippen LogP contribution in [0.15, 0.2) is 71.1 Å². The second-order valence-electron chi connectivity index (χ2n) is 5.15. The molecule has 3 aromatic carbocycles. The predicted octanol–water partition coefficient (Wildman–Crippen LogP) is 6.12. The van der Waals surface area contributed by atoms with Gasteiger partial charge in [0, 0.05) is 22.4 Å². The van der Waals surface area contributed by atoms with Crippen LogP contribution in [0, 0.1) is 10.3 Å². The van der Waals surface area contributed by atoms with Crippen molar-refractivity contribution in [2.75, 3.05) is 0 Å². The van der Waals surface area contributed by atoms with Crippen molar-refractivity contribution in [3.63, 3.8) is 0 Å². The Morgan fingerprint density at radius 1 is 0.818 bits per heavy atom. The summed E-state index contributed by atoms with van der Waals surface area (Å²) in [5.41, 5.74) is 1.58. The fourth-order valence-corrected chi connectivity index (χ4v) is 2.91. The molecule has 1 nitrogen and oxygen atoms in total. The topological polar surface area (TPSA) is 13.1 Å². The van der Waals surface area contributed by atoms with Crippen molar-refractivity contribution in [2.24, 2.45) is 0 Å². The molecule has 1 heterocycles. The number of fused-ring (bicyclic) bond motifs is 3. The molecule has 0 saturated carbocycles. The highest BCUT2D eigenvalue weighted by molar-refractivity contribution is 7.71. The minimum Gasteiger partial charge on any atom is -0.455 e. The van der Waals surface area contributed by atoms with Crippen LogP contribution in [0.5, 0.6) is 0 Å². The molecule has 1 aromatic heterocycles. The fraction of sp³-hybridized carbons (Fsp3) is 0. The molecule has 0 unspecified atom stereocenters. The van der Waals surface area contributed by atoms with Gasteiger partial charge in [-0.3, -0.25) is 0 Å². The highest BCUT2D eigenvalue weighted by atomic mass is 32.1. The third-order valence-corrected chi connectivity index (χ3v) is 4.09. The van der Waals surface area contributed by atoms with Gasteiger partial charge in [-0.1, -0.05) is 42.5 Å². The Morgan fingerprint density at radius 3 is 2.41 bits per heavy atom. The molecule has 0 atom stereocenters. The largest absolute Gasteiger partial charge is 0.455 e. The van der Waals surface area contributed by atoms with Gasteiger partial charge in [-0.05, 0) is 35.7 Å². The van der Waals surface area contributed by atoms with Crippen LogP contribution in [0.25, 0.3) is 33.1 Å². The summed E-state index contributed by atoms with van der Waals surface area (Å²) in [6.45, 7) is 0. The first-order chi connectivity index (χ1) is 10.7. The van der Waals surface area contributed by atoms with Crippen molar-refractivity contribution >= 4 is 34.0 Å². The highest BCUT2D eigenvalue weighted by Gasteiger charge is 2.08. The van der Waals surface area contributed by atoms with Gasteiger partial charge in [0.15, 0.2) is 0 Å². The molecule has 0 aliphatic rings. The summed E-state index contributed by atoms with van der Waals surface area (Å²) in [6.07, 6.45) is 0. The van der Waals surface area contributed by atoms with Gasteiger partial charge in [-0.15, -0.1) is 0 Å². The van der Waals surface area contributed by atoms with Crippen molar-refractivity contribution in [3.8, 4) is 11.3 Å². The third-order valence-electron chi connectivity index (χ3n) is 3.75. The highest BCUT2D eigenvalue weighted by Crippen LogP contribution is 2.31. The molecule has 4 aromatic rings. The predicted molar refractivity (Wildman–Crippen MR) is 89.9 cm³/mol. The number of halogens is 1. The van der Waals surface area contributed by atoms with Gasteiger partial charge >= 0.3 is 0 Å². The minimum atomic E-state index is -0.270.